The van der Waals surface area contributed by atoms with Crippen LogP contribution in [0.4, 0.5) is 5.13 Å². The van der Waals surface area contributed by atoms with Gasteiger partial charge in [0.15, 0.2) is 5.13 Å². The zero-order valence-electron chi connectivity index (χ0n) is 15.5. The number of para-hydroxylation sites is 1. The number of anilines is 1. The van der Waals surface area contributed by atoms with Gasteiger partial charge in [-0.25, -0.2) is 9.97 Å². The first kappa shape index (κ1) is 20.0. The predicted octanol–water partition coefficient (Wildman–Crippen LogP) is 4.96. The average molecular weight is 413 g/mol. The number of aromatic nitrogens is 3. The molecule has 0 aliphatic carbocycles. The van der Waals surface area contributed by atoms with Crippen molar-refractivity contribution in [3.63, 3.8) is 0 Å². The van der Waals surface area contributed by atoms with Crippen LogP contribution in [0.2, 0.25) is 0 Å². The second kappa shape index (κ2) is 8.99. The quantitative estimate of drug-likeness (QED) is 0.449. The topological polar surface area (TPSA) is 51.0 Å². The molecular formula is C21H21ClN4OS. The maximum atomic E-state index is 13.2. The van der Waals surface area contributed by atoms with Gasteiger partial charge in [-0.3, -0.25) is 9.69 Å². The summed E-state index contributed by atoms with van der Waals surface area (Å²) in [5.74, 6) is -0.0158. The Labute approximate surface area is 174 Å². The molecule has 0 aliphatic heterocycles. The van der Waals surface area contributed by atoms with Crippen LogP contribution in [-0.2, 0) is 6.54 Å². The van der Waals surface area contributed by atoms with E-state index in [9.17, 15) is 4.79 Å². The summed E-state index contributed by atoms with van der Waals surface area (Å²) in [5, 5.41) is 0.749. The lowest BCUT2D eigenvalue weighted by atomic mass is 10.2. The highest BCUT2D eigenvalue weighted by Crippen LogP contribution is 2.31. The largest absolute Gasteiger partial charge is 0.337 e. The molecule has 2 heterocycles. The second-order valence-corrected chi connectivity index (χ2v) is 7.40. The van der Waals surface area contributed by atoms with Gasteiger partial charge < -0.3 is 4.57 Å². The number of carbonyl (C=O) groups excluding carboxylic acids is 1. The SMILES string of the molecule is Cc1cccc2sc(N(CCCn3ccnc3)C(=O)c3ccccc3)nc12.Cl. The van der Waals surface area contributed by atoms with E-state index < -0.39 is 0 Å². The lowest BCUT2D eigenvalue weighted by Gasteiger charge is -2.20. The number of imidazole rings is 1. The van der Waals surface area contributed by atoms with E-state index in [-0.39, 0.29) is 18.3 Å². The van der Waals surface area contributed by atoms with E-state index in [1.165, 1.54) is 0 Å². The van der Waals surface area contributed by atoms with E-state index in [2.05, 4.69) is 11.1 Å². The van der Waals surface area contributed by atoms with E-state index in [4.69, 9.17) is 4.98 Å². The molecule has 0 aliphatic rings. The van der Waals surface area contributed by atoms with Crippen molar-refractivity contribution in [2.24, 2.45) is 0 Å². The zero-order chi connectivity index (χ0) is 18.6. The number of thiazole rings is 1. The van der Waals surface area contributed by atoms with Gasteiger partial charge in [0.2, 0.25) is 0 Å². The summed E-state index contributed by atoms with van der Waals surface area (Å²) in [7, 11) is 0. The molecular weight excluding hydrogens is 392 g/mol. The maximum absolute atomic E-state index is 13.2. The monoisotopic (exact) mass is 412 g/mol. The molecule has 0 radical (unpaired) electrons. The minimum absolute atomic E-state index is 0. The second-order valence-electron chi connectivity index (χ2n) is 6.39. The van der Waals surface area contributed by atoms with Gasteiger partial charge in [-0.1, -0.05) is 41.7 Å². The Morgan fingerprint density at radius 3 is 2.68 bits per heavy atom. The van der Waals surface area contributed by atoms with Gasteiger partial charge in [-0.15, -0.1) is 12.4 Å². The number of hydrogen-bond acceptors (Lipinski definition) is 4. The molecule has 144 valence electrons. The lowest BCUT2D eigenvalue weighted by molar-refractivity contribution is 0.0986. The highest BCUT2D eigenvalue weighted by Gasteiger charge is 2.21. The Kier molecular flexibility index (Phi) is 6.44. The van der Waals surface area contributed by atoms with Crippen molar-refractivity contribution in [2.45, 2.75) is 19.9 Å². The summed E-state index contributed by atoms with van der Waals surface area (Å²) in [6.07, 6.45) is 6.32. The molecule has 2 aromatic heterocycles. The van der Waals surface area contributed by atoms with Crippen molar-refractivity contribution in [3.05, 3.63) is 78.4 Å². The Morgan fingerprint density at radius 1 is 1.14 bits per heavy atom. The van der Waals surface area contributed by atoms with Gasteiger partial charge in [-0.2, -0.15) is 0 Å². The number of rotatable bonds is 6. The molecule has 0 unspecified atom stereocenters. The molecule has 0 fully saturated rings. The maximum Gasteiger partial charge on any atom is 0.260 e. The zero-order valence-corrected chi connectivity index (χ0v) is 17.1. The van der Waals surface area contributed by atoms with Crippen LogP contribution < -0.4 is 4.90 Å². The molecule has 4 aromatic rings. The van der Waals surface area contributed by atoms with Gasteiger partial charge in [-0.05, 0) is 37.1 Å². The average Bonchev–Trinajstić information content (AvgIpc) is 3.36. The third-order valence-electron chi connectivity index (χ3n) is 4.46. The van der Waals surface area contributed by atoms with Gasteiger partial charge in [0.05, 0.1) is 16.5 Å². The fourth-order valence-electron chi connectivity index (χ4n) is 3.04. The first-order valence-electron chi connectivity index (χ1n) is 8.91. The van der Waals surface area contributed by atoms with Crippen molar-refractivity contribution in [3.8, 4) is 0 Å². The molecule has 0 N–H and O–H groups in total. The molecule has 1 amide bonds. The van der Waals surface area contributed by atoms with Gasteiger partial charge in [0.1, 0.15) is 0 Å². The minimum Gasteiger partial charge on any atom is -0.337 e. The number of hydrogen-bond donors (Lipinski definition) is 0. The van der Waals surface area contributed by atoms with Crippen LogP contribution in [0.5, 0.6) is 0 Å². The summed E-state index contributed by atoms with van der Waals surface area (Å²) in [6.45, 7) is 3.46. The number of halogens is 1. The van der Waals surface area contributed by atoms with Crippen LogP contribution in [0.1, 0.15) is 22.3 Å². The summed E-state index contributed by atoms with van der Waals surface area (Å²) in [5.41, 5.74) is 2.77. The van der Waals surface area contributed by atoms with E-state index in [1.807, 2.05) is 60.2 Å². The predicted molar refractivity (Wildman–Crippen MR) is 117 cm³/mol. The fraction of sp³-hybridized carbons (Fsp3) is 0.190. The molecule has 2 aromatic carbocycles. The Morgan fingerprint density at radius 2 is 1.96 bits per heavy atom. The van der Waals surface area contributed by atoms with Crippen molar-refractivity contribution >= 4 is 45.0 Å². The van der Waals surface area contributed by atoms with Crippen LogP contribution in [-0.4, -0.2) is 27.0 Å². The Hall–Kier alpha value is -2.70. The van der Waals surface area contributed by atoms with Crippen LogP contribution >= 0.6 is 23.7 Å². The number of fused-ring (bicyclic) bond motifs is 1. The molecule has 0 saturated heterocycles. The van der Waals surface area contributed by atoms with E-state index in [0.29, 0.717) is 12.1 Å². The number of carbonyl (C=O) groups is 1. The highest BCUT2D eigenvalue weighted by atomic mass is 35.5. The Balaban J connectivity index is 0.00000225. The number of nitrogens with zero attached hydrogens (tertiary/aromatic N) is 4. The highest BCUT2D eigenvalue weighted by molar-refractivity contribution is 7.22. The molecule has 5 nitrogen and oxygen atoms in total. The molecule has 0 atom stereocenters. The lowest BCUT2D eigenvalue weighted by Crippen LogP contribution is -2.32. The molecule has 28 heavy (non-hydrogen) atoms. The van der Waals surface area contributed by atoms with E-state index >= 15 is 0 Å². The number of aryl methyl sites for hydroxylation is 2. The van der Waals surface area contributed by atoms with Crippen LogP contribution in [0.3, 0.4) is 0 Å². The van der Waals surface area contributed by atoms with E-state index in [1.54, 1.807) is 28.8 Å². The number of amides is 1. The summed E-state index contributed by atoms with van der Waals surface area (Å²) in [4.78, 5) is 23.8. The standard InChI is InChI=1S/C21H20N4OS.ClH/c1-16-7-5-10-18-19(16)23-21(27-18)25(13-6-12-24-14-11-22-15-24)20(26)17-8-3-2-4-9-17;/h2-5,7-11,14-15H,6,12-13H2,1H3;1H. The Bertz CT molecular complexity index is 1050. The van der Waals surface area contributed by atoms with Gasteiger partial charge in [0, 0.05) is 31.0 Å². The number of benzene rings is 2. The molecule has 7 heteroatoms. The molecule has 4 rings (SSSR count). The summed E-state index contributed by atoms with van der Waals surface area (Å²) < 4.78 is 3.12. The van der Waals surface area contributed by atoms with E-state index in [0.717, 1.165) is 33.9 Å². The smallest absolute Gasteiger partial charge is 0.260 e. The normalized spacial score (nSPS) is 10.6. The van der Waals surface area contributed by atoms with Crippen molar-refractivity contribution in [1.82, 2.24) is 14.5 Å². The van der Waals surface area contributed by atoms with Gasteiger partial charge >= 0.3 is 0 Å². The van der Waals surface area contributed by atoms with Crippen LogP contribution in [0, 0.1) is 6.92 Å². The van der Waals surface area contributed by atoms with Crippen molar-refractivity contribution < 1.29 is 4.79 Å². The third kappa shape index (κ3) is 4.24. The van der Waals surface area contributed by atoms with Crippen LogP contribution in [0.25, 0.3) is 10.2 Å². The van der Waals surface area contributed by atoms with Crippen LogP contribution in [0.15, 0.2) is 67.3 Å². The molecule has 0 saturated carbocycles. The van der Waals surface area contributed by atoms with Gasteiger partial charge in [0.25, 0.3) is 5.91 Å². The summed E-state index contributed by atoms with van der Waals surface area (Å²) >= 11 is 1.57. The minimum atomic E-state index is -0.0158. The molecule has 0 spiro atoms. The fourth-order valence-corrected chi connectivity index (χ4v) is 4.11. The third-order valence-corrected chi connectivity index (χ3v) is 5.51. The first-order chi connectivity index (χ1) is 13.2. The van der Waals surface area contributed by atoms with Crippen molar-refractivity contribution in [1.29, 1.82) is 0 Å². The summed E-state index contributed by atoms with van der Waals surface area (Å²) in [6, 6.07) is 15.5. The first-order valence-corrected chi connectivity index (χ1v) is 9.73. The molecule has 0 bridgehead atoms. The van der Waals surface area contributed by atoms with Crippen molar-refractivity contribution in [2.75, 3.05) is 11.4 Å².